The Balaban J connectivity index is 1.32. The number of thiazole rings is 1. The number of aliphatic hydroxyl groups excluding tert-OH is 2. The van der Waals surface area contributed by atoms with Gasteiger partial charge in [-0.15, -0.1) is 11.3 Å². The van der Waals surface area contributed by atoms with E-state index in [1.54, 1.807) is 0 Å². The van der Waals surface area contributed by atoms with E-state index in [9.17, 15) is 27.8 Å². The number of rotatable bonds is 4. The summed E-state index contributed by atoms with van der Waals surface area (Å²) in [6.45, 7) is 1.26. The molecule has 18 heteroatoms. The van der Waals surface area contributed by atoms with Crippen molar-refractivity contribution in [2.45, 2.75) is 49.7 Å². The number of halogens is 6. The molecule has 0 spiro atoms. The number of aliphatic hydroxyl groups is 2. The molecular weight excluding hydrogens is 637 g/mol. The quantitative estimate of drug-likeness (QED) is 0.274. The van der Waals surface area contributed by atoms with Gasteiger partial charge in [0.15, 0.2) is 23.2 Å². The maximum Gasteiger partial charge on any atom is 0.435 e. The summed E-state index contributed by atoms with van der Waals surface area (Å²) in [7, 11) is 0. The average molecular weight is 656 g/mol. The highest BCUT2D eigenvalue weighted by atomic mass is 35.5. The molecule has 4 aromatic heterocycles. The van der Waals surface area contributed by atoms with E-state index in [2.05, 4.69) is 25.1 Å². The predicted octanol–water partition coefficient (Wildman–Crippen LogP) is 4.20. The van der Waals surface area contributed by atoms with E-state index in [4.69, 9.17) is 21.1 Å². The Bertz CT molecular complexity index is 1900. The zero-order valence-electron chi connectivity index (χ0n) is 22.2. The molecule has 0 bridgehead atoms. The standard InChI is InChI=1S/C26H19ClF5N7O4S/c1-9-36-25(39(37-9)13-2-11(27)5-33-24(13)26(30,31)32)23-20(41)19(22-21(43-23)14(40)7-42-22)38-6-10(4-35-38)12-3-15-18(34-8-44-15)17(29)16(12)28/h2-6,8,14,19-23,40-41H,7H2,1H3/t14?,19?,20?,21?,22-,23-/m1/s1. The second-order valence-corrected chi connectivity index (χ2v) is 11.6. The van der Waals surface area contributed by atoms with Crippen LogP contribution in [0.5, 0.6) is 0 Å². The van der Waals surface area contributed by atoms with E-state index in [0.29, 0.717) is 4.70 Å². The maximum atomic E-state index is 15.0. The Morgan fingerprint density at radius 1 is 1.09 bits per heavy atom. The predicted molar refractivity (Wildman–Crippen MR) is 143 cm³/mol. The molecular formula is C26H19ClF5N7O4S. The maximum absolute atomic E-state index is 15.0. The van der Waals surface area contributed by atoms with Gasteiger partial charge in [-0.05, 0) is 19.1 Å². The van der Waals surface area contributed by atoms with Crippen LogP contribution in [0.3, 0.4) is 0 Å². The van der Waals surface area contributed by atoms with Crippen molar-refractivity contribution in [2.75, 3.05) is 6.61 Å². The Kier molecular flexibility index (Phi) is 6.94. The van der Waals surface area contributed by atoms with E-state index in [-0.39, 0.29) is 39.9 Å². The molecule has 11 nitrogen and oxygen atoms in total. The minimum atomic E-state index is -4.89. The summed E-state index contributed by atoms with van der Waals surface area (Å²) in [5.41, 5.74) is -0.515. The van der Waals surface area contributed by atoms with Crippen LogP contribution in [0.2, 0.25) is 5.02 Å². The van der Waals surface area contributed by atoms with Gasteiger partial charge in [0.2, 0.25) is 0 Å². The fourth-order valence-electron chi connectivity index (χ4n) is 5.61. The Labute approximate surface area is 252 Å². The summed E-state index contributed by atoms with van der Waals surface area (Å²) in [5.74, 6) is -2.45. The summed E-state index contributed by atoms with van der Waals surface area (Å²) in [6, 6.07) is 1.32. The number of ether oxygens (including phenoxy) is 2. The van der Waals surface area contributed by atoms with Crippen LogP contribution >= 0.6 is 22.9 Å². The lowest BCUT2D eigenvalue weighted by atomic mass is 9.91. The lowest BCUT2D eigenvalue weighted by Crippen LogP contribution is -2.52. The Hall–Kier alpha value is -3.61. The van der Waals surface area contributed by atoms with Gasteiger partial charge in [-0.2, -0.15) is 23.4 Å². The van der Waals surface area contributed by atoms with Crippen molar-refractivity contribution in [2.24, 2.45) is 0 Å². The summed E-state index contributed by atoms with van der Waals surface area (Å²) < 4.78 is 85.8. The summed E-state index contributed by atoms with van der Waals surface area (Å²) >= 11 is 7.12. The Morgan fingerprint density at radius 3 is 2.66 bits per heavy atom. The van der Waals surface area contributed by atoms with Gasteiger partial charge in [0, 0.05) is 23.5 Å². The number of aromatic nitrogens is 7. The van der Waals surface area contributed by atoms with E-state index >= 15 is 4.39 Å². The Morgan fingerprint density at radius 2 is 1.89 bits per heavy atom. The first-order chi connectivity index (χ1) is 20.9. The molecule has 7 rings (SSSR count). The van der Waals surface area contributed by atoms with Crippen molar-refractivity contribution in [3.8, 4) is 16.8 Å². The molecule has 0 aliphatic carbocycles. The number of pyridine rings is 1. The second-order valence-electron chi connectivity index (χ2n) is 10.3. The van der Waals surface area contributed by atoms with Crippen molar-refractivity contribution < 1.29 is 41.6 Å². The van der Waals surface area contributed by atoms with Crippen LogP contribution in [0.15, 0.2) is 36.2 Å². The number of fused-ring (bicyclic) bond motifs is 2. The number of hydrogen-bond acceptors (Lipinski definition) is 10. The van der Waals surface area contributed by atoms with Gasteiger partial charge < -0.3 is 19.7 Å². The minimum Gasteiger partial charge on any atom is -0.388 e. The van der Waals surface area contributed by atoms with Crippen molar-refractivity contribution in [3.05, 3.63) is 70.2 Å². The number of alkyl halides is 3. The van der Waals surface area contributed by atoms with Gasteiger partial charge >= 0.3 is 6.18 Å². The average Bonchev–Trinajstić information content (AvgIpc) is 3.77. The molecule has 4 unspecified atom stereocenters. The van der Waals surface area contributed by atoms with Gasteiger partial charge in [0.05, 0.1) is 33.7 Å². The lowest BCUT2D eigenvalue weighted by molar-refractivity contribution is -0.196. The molecule has 2 aliphatic rings. The molecule has 44 heavy (non-hydrogen) atoms. The molecule has 1 aromatic carbocycles. The zero-order valence-corrected chi connectivity index (χ0v) is 23.7. The van der Waals surface area contributed by atoms with Crippen LogP contribution in [-0.2, 0) is 15.7 Å². The van der Waals surface area contributed by atoms with Crippen molar-refractivity contribution in [1.82, 2.24) is 34.5 Å². The molecule has 0 saturated carbocycles. The van der Waals surface area contributed by atoms with Crippen LogP contribution < -0.4 is 0 Å². The highest BCUT2D eigenvalue weighted by molar-refractivity contribution is 7.16. The SMILES string of the molecule is Cc1nc([C@@H]2OC3C(O)CO[C@@H]3C(n3cc(-c4cc5scnc5c(F)c4F)cn3)C2O)n(-c2cc(Cl)cnc2C(F)(F)F)n1. The third-order valence-electron chi connectivity index (χ3n) is 7.51. The van der Waals surface area contributed by atoms with Gasteiger partial charge in [-0.1, -0.05) is 11.6 Å². The van der Waals surface area contributed by atoms with Gasteiger partial charge in [0.25, 0.3) is 0 Å². The van der Waals surface area contributed by atoms with Crippen molar-refractivity contribution in [1.29, 1.82) is 0 Å². The minimum absolute atomic E-state index is 0.0446. The first-order valence-corrected chi connectivity index (χ1v) is 14.2. The molecule has 0 amide bonds. The van der Waals surface area contributed by atoms with Gasteiger partial charge in [0.1, 0.15) is 47.9 Å². The third-order valence-corrected chi connectivity index (χ3v) is 8.49. The number of aryl methyl sites for hydroxylation is 1. The van der Waals surface area contributed by atoms with Gasteiger partial charge in [-0.3, -0.25) is 4.68 Å². The number of nitrogens with zero attached hydrogens (tertiary/aromatic N) is 7. The topological polar surface area (TPSA) is 133 Å². The molecule has 2 N–H and O–H groups in total. The lowest BCUT2D eigenvalue weighted by Gasteiger charge is -2.41. The molecule has 230 valence electrons. The molecule has 6 heterocycles. The second kappa shape index (κ2) is 10.5. The van der Waals surface area contributed by atoms with Crippen LogP contribution in [0.4, 0.5) is 22.0 Å². The van der Waals surface area contributed by atoms with Crippen LogP contribution in [0.1, 0.15) is 29.5 Å². The smallest absolute Gasteiger partial charge is 0.388 e. The fraction of sp³-hybridized carbons (Fsp3) is 0.346. The van der Waals surface area contributed by atoms with Crippen LogP contribution in [0, 0.1) is 18.6 Å². The summed E-state index contributed by atoms with van der Waals surface area (Å²) in [5, 5.41) is 30.6. The van der Waals surface area contributed by atoms with E-state index < -0.39 is 65.8 Å². The van der Waals surface area contributed by atoms with Gasteiger partial charge in [-0.25, -0.2) is 28.4 Å². The summed E-state index contributed by atoms with van der Waals surface area (Å²) in [4.78, 5) is 11.6. The molecule has 2 fully saturated rings. The third kappa shape index (κ3) is 4.65. The normalized spacial score (nSPS) is 25.6. The van der Waals surface area contributed by atoms with E-state index in [0.717, 1.165) is 28.3 Å². The largest absolute Gasteiger partial charge is 0.435 e. The number of hydrogen-bond donors (Lipinski definition) is 2. The highest BCUT2D eigenvalue weighted by Crippen LogP contribution is 2.44. The molecule has 2 aliphatic heterocycles. The monoisotopic (exact) mass is 655 g/mol. The first kappa shape index (κ1) is 29.1. The fourth-order valence-corrected chi connectivity index (χ4v) is 6.48. The molecule has 2 saturated heterocycles. The number of benzene rings is 1. The van der Waals surface area contributed by atoms with Crippen LogP contribution in [-0.4, -0.2) is 75.7 Å². The molecule has 0 radical (unpaired) electrons. The van der Waals surface area contributed by atoms with Crippen molar-refractivity contribution in [3.63, 3.8) is 0 Å². The summed E-state index contributed by atoms with van der Waals surface area (Å²) in [6.07, 6.45) is -7.71. The van der Waals surface area contributed by atoms with E-state index in [1.165, 1.54) is 35.6 Å². The molecule has 5 aromatic rings. The van der Waals surface area contributed by atoms with Crippen molar-refractivity contribution >= 4 is 33.2 Å². The van der Waals surface area contributed by atoms with E-state index in [1.807, 2.05) is 0 Å². The highest BCUT2D eigenvalue weighted by Gasteiger charge is 2.55. The van der Waals surface area contributed by atoms with Crippen LogP contribution in [0.25, 0.3) is 27.0 Å². The first-order valence-electron chi connectivity index (χ1n) is 13.0. The molecule has 6 atom stereocenters. The zero-order chi connectivity index (χ0) is 31.1.